The van der Waals surface area contributed by atoms with E-state index in [1.807, 2.05) is 11.3 Å². The number of hydrogen-bond donors (Lipinski definition) is 0. The van der Waals surface area contributed by atoms with Crippen LogP contribution >= 0.6 is 11.3 Å². The van der Waals surface area contributed by atoms with Crippen molar-refractivity contribution in [3.8, 4) is 33.4 Å². The first-order valence-corrected chi connectivity index (χ1v) is 16.9. The lowest BCUT2D eigenvalue weighted by molar-refractivity contribution is 0.661. The van der Waals surface area contributed by atoms with E-state index >= 15 is 0 Å². The van der Waals surface area contributed by atoms with Gasteiger partial charge < -0.3 is 0 Å². The van der Waals surface area contributed by atoms with Crippen molar-refractivity contribution in [1.82, 2.24) is 0 Å². The fourth-order valence-corrected chi connectivity index (χ4v) is 9.56. The van der Waals surface area contributed by atoms with Crippen molar-refractivity contribution in [2.75, 3.05) is 0 Å². The molecule has 0 unspecified atom stereocenters. The molecule has 9 aromatic rings. The number of thiophene rings is 1. The Hall–Kier alpha value is -5.24. The van der Waals surface area contributed by atoms with Crippen LogP contribution in [0, 0.1) is 0 Å². The van der Waals surface area contributed by atoms with Crippen molar-refractivity contribution in [2.24, 2.45) is 0 Å². The van der Waals surface area contributed by atoms with Crippen molar-refractivity contribution < 1.29 is 0 Å². The van der Waals surface area contributed by atoms with Gasteiger partial charge in [0.1, 0.15) is 0 Å². The molecular formula is C45H30S. The molecular weight excluding hydrogens is 573 g/mol. The van der Waals surface area contributed by atoms with E-state index in [-0.39, 0.29) is 5.41 Å². The van der Waals surface area contributed by atoms with Crippen LogP contribution in [-0.2, 0) is 5.41 Å². The van der Waals surface area contributed by atoms with Crippen molar-refractivity contribution in [1.29, 1.82) is 0 Å². The van der Waals surface area contributed by atoms with Crippen molar-refractivity contribution in [3.63, 3.8) is 0 Å². The minimum absolute atomic E-state index is 0.112. The second kappa shape index (κ2) is 9.39. The van der Waals surface area contributed by atoms with E-state index in [0.717, 1.165) is 0 Å². The highest BCUT2D eigenvalue weighted by atomic mass is 32.1. The number of benzene rings is 8. The zero-order valence-electron chi connectivity index (χ0n) is 25.8. The maximum Gasteiger partial charge on any atom is 0.0434 e. The van der Waals surface area contributed by atoms with E-state index in [9.17, 15) is 0 Å². The van der Waals surface area contributed by atoms with Crippen LogP contribution in [0.3, 0.4) is 0 Å². The van der Waals surface area contributed by atoms with Gasteiger partial charge in [0.2, 0.25) is 0 Å². The van der Waals surface area contributed by atoms with Crippen LogP contribution < -0.4 is 0 Å². The van der Waals surface area contributed by atoms with Crippen LogP contribution in [-0.4, -0.2) is 0 Å². The van der Waals surface area contributed by atoms with E-state index in [4.69, 9.17) is 0 Å². The lowest BCUT2D eigenvalue weighted by atomic mass is 9.80. The van der Waals surface area contributed by atoms with Crippen molar-refractivity contribution in [3.05, 3.63) is 157 Å². The summed E-state index contributed by atoms with van der Waals surface area (Å²) in [7, 11) is 0. The molecule has 1 aliphatic carbocycles. The van der Waals surface area contributed by atoms with Gasteiger partial charge in [0.25, 0.3) is 0 Å². The molecule has 0 spiro atoms. The van der Waals surface area contributed by atoms with Crippen LogP contribution in [0.25, 0.3) is 85.9 Å². The van der Waals surface area contributed by atoms with E-state index in [0.29, 0.717) is 0 Å². The summed E-state index contributed by atoms with van der Waals surface area (Å²) in [5.41, 5.74) is 10.6. The zero-order chi connectivity index (χ0) is 30.6. The van der Waals surface area contributed by atoms with E-state index in [2.05, 4.69) is 159 Å². The summed E-state index contributed by atoms with van der Waals surface area (Å²) >= 11 is 1.92. The van der Waals surface area contributed by atoms with Gasteiger partial charge in [-0.3, -0.25) is 0 Å². The third-order valence-electron chi connectivity index (χ3n) is 10.5. The maximum absolute atomic E-state index is 2.50. The first-order chi connectivity index (χ1) is 22.6. The molecule has 46 heavy (non-hydrogen) atoms. The average molecular weight is 603 g/mol. The third kappa shape index (κ3) is 3.44. The smallest absolute Gasteiger partial charge is 0.0434 e. The third-order valence-corrected chi connectivity index (χ3v) is 11.7. The van der Waals surface area contributed by atoms with Gasteiger partial charge in [-0.1, -0.05) is 147 Å². The standard InChI is InChI=1S/C45H30S/c1-45(2)38-25-24-36-34(22-23-35-29-14-10-11-19-40(29)46-44(35)36)43(38)37-21-20-28(26-39(37)45)42-32-17-8-6-15-30(32)41(27-12-4-3-5-13-27)31-16-7-9-18-33(31)42/h3-26H,1-2H3. The number of hydrogen-bond acceptors (Lipinski definition) is 1. The average Bonchev–Trinajstić information content (AvgIpc) is 3.59. The molecule has 0 radical (unpaired) electrons. The summed E-state index contributed by atoms with van der Waals surface area (Å²) < 4.78 is 2.74. The van der Waals surface area contributed by atoms with Gasteiger partial charge in [0.05, 0.1) is 0 Å². The number of rotatable bonds is 2. The SMILES string of the molecule is CC1(C)c2cc(-c3c4ccccc4c(-c4ccccc4)c4ccccc34)ccc2-c2c1ccc1c2ccc2c3ccccc3sc12. The van der Waals surface area contributed by atoms with Gasteiger partial charge in [0.15, 0.2) is 0 Å². The Morgan fingerprint density at radius 1 is 0.391 bits per heavy atom. The van der Waals surface area contributed by atoms with Crippen LogP contribution in [0.5, 0.6) is 0 Å². The largest absolute Gasteiger partial charge is 0.135 e. The monoisotopic (exact) mass is 602 g/mol. The summed E-state index contributed by atoms with van der Waals surface area (Å²) in [4.78, 5) is 0. The first kappa shape index (κ1) is 26.0. The van der Waals surface area contributed by atoms with Gasteiger partial charge in [-0.15, -0.1) is 11.3 Å². The quantitative estimate of drug-likeness (QED) is 0.173. The zero-order valence-corrected chi connectivity index (χ0v) is 26.6. The second-order valence-electron chi connectivity index (χ2n) is 13.2. The predicted octanol–water partition coefficient (Wildman–Crippen LogP) is 13.2. The number of fused-ring (bicyclic) bond motifs is 11. The van der Waals surface area contributed by atoms with Gasteiger partial charge in [-0.25, -0.2) is 0 Å². The molecule has 0 bridgehead atoms. The van der Waals surface area contributed by atoms with Gasteiger partial charge in [-0.2, -0.15) is 0 Å². The molecule has 0 amide bonds. The molecule has 216 valence electrons. The van der Waals surface area contributed by atoms with Gasteiger partial charge in [-0.05, 0) is 83.6 Å². The highest BCUT2D eigenvalue weighted by molar-refractivity contribution is 7.26. The summed E-state index contributed by atoms with van der Waals surface area (Å²) in [6.07, 6.45) is 0. The summed E-state index contributed by atoms with van der Waals surface area (Å²) in [5, 5.41) is 10.6. The summed E-state index contributed by atoms with van der Waals surface area (Å²) in [5.74, 6) is 0. The fraction of sp³-hybridized carbons (Fsp3) is 0.0667. The molecule has 0 fully saturated rings. The Morgan fingerprint density at radius 3 is 1.61 bits per heavy atom. The molecule has 1 heterocycles. The normalized spacial score (nSPS) is 13.6. The maximum atomic E-state index is 2.50. The Kier molecular flexibility index (Phi) is 5.31. The summed E-state index contributed by atoms with van der Waals surface area (Å²) in [6, 6.07) is 54.4. The Balaban J connectivity index is 1.24. The van der Waals surface area contributed by atoms with Gasteiger partial charge >= 0.3 is 0 Å². The molecule has 8 aromatic carbocycles. The highest BCUT2D eigenvalue weighted by Gasteiger charge is 2.37. The topological polar surface area (TPSA) is 0 Å². The van der Waals surface area contributed by atoms with Crippen molar-refractivity contribution in [2.45, 2.75) is 19.3 Å². The summed E-state index contributed by atoms with van der Waals surface area (Å²) in [6.45, 7) is 4.81. The van der Waals surface area contributed by atoms with E-state index in [1.165, 1.54) is 97.0 Å². The highest BCUT2D eigenvalue weighted by Crippen LogP contribution is 2.54. The molecule has 1 heteroatoms. The first-order valence-electron chi connectivity index (χ1n) is 16.1. The molecule has 1 aliphatic rings. The van der Waals surface area contributed by atoms with Gasteiger partial charge in [0, 0.05) is 31.0 Å². The van der Waals surface area contributed by atoms with E-state index < -0.39 is 0 Å². The second-order valence-corrected chi connectivity index (χ2v) is 14.3. The molecule has 0 saturated carbocycles. The predicted molar refractivity (Wildman–Crippen MR) is 200 cm³/mol. The minimum Gasteiger partial charge on any atom is -0.135 e. The van der Waals surface area contributed by atoms with Crippen LogP contribution in [0.2, 0.25) is 0 Å². The molecule has 10 rings (SSSR count). The Bertz CT molecular complexity index is 2650. The Morgan fingerprint density at radius 2 is 0.913 bits per heavy atom. The molecule has 0 aliphatic heterocycles. The lowest BCUT2D eigenvalue weighted by Gasteiger charge is -2.23. The van der Waals surface area contributed by atoms with Crippen molar-refractivity contribution >= 4 is 63.8 Å². The molecule has 0 nitrogen and oxygen atoms in total. The van der Waals surface area contributed by atoms with Crippen LogP contribution in [0.4, 0.5) is 0 Å². The molecule has 0 N–H and O–H groups in total. The Labute approximate surface area is 272 Å². The minimum atomic E-state index is -0.112. The van der Waals surface area contributed by atoms with Crippen LogP contribution in [0.15, 0.2) is 146 Å². The van der Waals surface area contributed by atoms with Crippen LogP contribution in [0.1, 0.15) is 25.0 Å². The molecule has 0 atom stereocenters. The molecule has 1 aromatic heterocycles. The van der Waals surface area contributed by atoms with E-state index in [1.54, 1.807) is 0 Å². The fourth-order valence-electron chi connectivity index (χ4n) is 8.33. The molecule has 0 saturated heterocycles. The lowest BCUT2D eigenvalue weighted by Crippen LogP contribution is -2.15.